The summed E-state index contributed by atoms with van der Waals surface area (Å²) in [6, 6.07) is 11.2. The van der Waals surface area contributed by atoms with Crippen LogP contribution in [0, 0.1) is 5.92 Å². The third-order valence-electron chi connectivity index (χ3n) is 5.46. The summed E-state index contributed by atoms with van der Waals surface area (Å²) < 4.78 is 16.6. The van der Waals surface area contributed by atoms with E-state index in [4.69, 9.17) is 13.9 Å². The van der Waals surface area contributed by atoms with Gasteiger partial charge in [-0.05, 0) is 31.0 Å². The maximum atomic E-state index is 13.1. The van der Waals surface area contributed by atoms with Gasteiger partial charge < -0.3 is 23.7 Å². The van der Waals surface area contributed by atoms with Crippen molar-refractivity contribution in [3.8, 4) is 5.75 Å². The molecule has 2 fully saturated rings. The van der Waals surface area contributed by atoms with E-state index in [1.807, 2.05) is 35.2 Å². The molecule has 0 spiro atoms. The van der Waals surface area contributed by atoms with E-state index in [9.17, 15) is 9.59 Å². The molecule has 0 aliphatic carbocycles. The molecule has 29 heavy (non-hydrogen) atoms. The Hall–Kier alpha value is -2.80. The van der Waals surface area contributed by atoms with Gasteiger partial charge in [-0.15, -0.1) is 0 Å². The highest BCUT2D eigenvalue weighted by atomic mass is 16.5. The van der Waals surface area contributed by atoms with Crippen LogP contribution in [0.5, 0.6) is 5.75 Å². The Morgan fingerprint density at radius 2 is 1.83 bits per heavy atom. The maximum absolute atomic E-state index is 13.1. The minimum Gasteiger partial charge on any atom is -0.489 e. The first-order chi connectivity index (χ1) is 14.2. The molecule has 7 nitrogen and oxygen atoms in total. The number of carbonyl (C=O) groups is 2. The molecule has 154 valence electrons. The monoisotopic (exact) mass is 398 g/mol. The zero-order valence-electron chi connectivity index (χ0n) is 16.4. The van der Waals surface area contributed by atoms with Gasteiger partial charge >= 0.3 is 0 Å². The van der Waals surface area contributed by atoms with E-state index >= 15 is 0 Å². The van der Waals surface area contributed by atoms with Crippen LogP contribution in [0.4, 0.5) is 0 Å². The van der Waals surface area contributed by atoms with Crippen LogP contribution < -0.4 is 4.74 Å². The number of ether oxygens (including phenoxy) is 2. The molecule has 0 bridgehead atoms. The summed E-state index contributed by atoms with van der Waals surface area (Å²) in [7, 11) is 0. The summed E-state index contributed by atoms with van der Waals surface area (Å²) in [5.74, 6) is 0.811. The Bertz CT molecular complexity index is 829. The molecular weight excluding hydrogens is 372 g/mol. The van der Waals surface area contributed by atoms with E-state index in [-0.39, 0.29) is 24.3 Å². The Labute approximate surface area is 170 Å². The molecule has 2 aliphatic rings. The number of likely N-dealkylation sites (tertiary alicyclic amines) is 1. The second-order valence-corrected chi connectivity index (χ2v) is 7.40. The number of benzene rings is 1. The number of rotatable bonds is 5. The Morgan fingerprint density at radius 1 is 1.03 bits per heavy atom. The van der Waals surface area contributed by atoms with Gasteiger partial charge in [-0.1, -0.05) is 18.2 Å². The summed E-state index contributed by atoms with van der Waals surface area (Å²) in [6.45, 7) is 3.73. The van der Waals surface area contributed by atoms with Crippen molar-refractivity contribution in [1.82, 2.24) is 9.80 Å². The van der Waals surface area contributed by atoms with Crippen LogP contribution >= 0.6 is 0 Å². The van der Waals surface area contributed by atoms with E-state index in [1.165, 1.54) is 6.26 Å². The standard InChI is InChI=1S/C22H26N2O5/c25-21(23-10-13-27-14-11-23)17-5-4-9-24(15-17)22(26)20-18(8-12-28-20)16-29-19-6-2-1-3-7-19/h1-3,6-8,12,17H,4-5,9-11,13-16H2. The molecule has 2 aliphatic heterocycles. The molecule has 1 atom stereocenters. The summed E-state index contributed by atoms with van der Waals surface area (Å²) in [5, 5.41) is 0. The van der Waals surface area contributed by atoms with Crippen molar-refractivity contribution in [1.29, 1.82) is 0 Å². The SMILES string of the molecule is O=C(c1occc1COc1ccccc1)N1CCCC(C(=O)N2CCOCC2)C1. The fourth-order valence-corrected chi connectivity index (χ4v) is 3.86. The topological polar surface area (TPSA) is 72.2 Å². The van der Waals surface area contributed by atoms with Crippen molar-refractivity contribution in [2.45, 2.75) is 19.4 Å². The van der Waals surface area contributed by atoms with Crippen LogP contribution in [-0.2, 0) is 16.1 Å². The predicted octanol–water partition coefficient (Wildman–Crippen LogP) is 2.57. The van der Waals surface area contributed by atoms with Gasteiger partial charge in [0.15, 0.2) is 5.76 Å². The van der Waals surface area contributed by atoms with Crippen molar-refractivity contribution in [2.75, 3.05) is 39.4 Å². The van der Waals surface area contributed by atoms with Gasteiger partial charge in [0.05, 0.1) is 25.4 Å². The van der Waals surface area contributed by atoms with Gasteiger partial charge in [-0.2, -0.15) is 0 Å². The Balaban J connectivity index is 1.39. The average molecular weight is 398 g/mol. The lowest BCUT2D eigenvalue weighted by molar-refractivity contribution is -0.141. The lowest BCUT2D eigenvalue weighted by Gasteiger charge is -2.36. The molecule has 0 N–H and O–H groups in total. The quantitative estimate of drug-likeness (QED) is 0.774. The van der Waals surface area contributed by atoms with E-state index in [0.717, 1.165) is 18.6 Å². The number of nitrogens with zero attached hydrogens (tertiary/aromatic N) is 2. The van der Waals surface area contributed by atoms with Crippen molar-refractivity contribution < 1.29 is 23.5 Å². The summed E-state index contributed by atoms with van der Waals surface area (Å²) >= 11 is 0. The molecule has 4 rings (SSSR count). The van der Waals surface area contributed by atoms with Gasteiger partial charge in [-0.25, -0.2) is 0 Å². The highest BCUT2D eigenvalue weighted by molar-refractivity contribution is 5.93. The van der Waals surface area contributed by atoms with E-state index in [2.05, 4.69) is 0 Å². The minimum absolute atomic E-state index is 0.123. The molecule has 2 saturated heterocycles. The first kappa shape index (κ1) is 19.5. The van der Waals surface area contributed by atoms with Crippen molar-refractivity contribution in [3.63, 3.8) is 0 Å². The Morgan fingerprint density at radius 3 is 2.62 bits per heavy atom. The summed E-state index contributed by atoms with van der Waals surface area (Å²) in [4.78, 5) is 29.5. The lowest BCUT2D eigenvalue weighted by Crippen LogP contribution is -2.49. The van der Waals surface area contributed by atoms with Crippen molar-refractivity contribution in [3.05, 3.63) is 54.0 Å². The van der Waals surface area contributed by atoms with Crippen LogP contribution in [0.15, 0.2) is 47.1 Å². The number of hydrogen-bond acceptors (Lipinski definition) is 5. The molecule has 1 unspecified atom stereocenters. The second-order valence-electron chi connectivity index (χ2n) is 7.40. The van der Waals surface area contributed by atoms with Gasteiger partial charge in [0, 0.05) is 31.7 Å². The lowest BCUT2D eigenvalue weighted by atomic mass is 9.96. The maximum Gasteiger partial charge on any atom is 0.289 e. The summed E-state index contributed by atoms with van der Waals surface area (Å²) in [6.07, 6.45) is 3.13. The molecule has 7 heteroatoms. The number of carbonyl (C=O) groups excluding carboxylic acids is 2. The van der Waals surface area contributed by atoms with E-state index < -0.39 is 0 Å². The van der Waals surface area contributed by atoms with Crippen molar-refractivity contribution in [2.24, 2.45) is 5.92 Å². The molecule has 2 amide bonds. The number of morpholine rings is 1. The van der Waals surface area contributed by atoms with Gasteiger partial charge in [0.1, 0.15) is 12.4 Å². The third kappa shape index (κ3) is 4.62. The van der Waals surface area contributed by atoms with Gasteiger partial charge in [0.2, 0.25) is 5.91 Å². The van der Waals surface area contributed by atoms with Crippen LogP contribution in [0.1, 0.15) is 29.0 Å². The second kappa shape index (κ2) is 9.13. The normalized spacial score (nSPS) is 19.8. The molecule has 3 heterocycles. The molecule has 0 radical (unpaired) electrons. The van der Waals surface area contributed by atoms with E-state index in [1.54, 1.807) is 11.0 Å². The van der Waals surface area contributed by atoms with Crippen molar-refractivity contribution >= 4 is 11.8 Å². The number of hydrogen-bond donors (Lipinski definition) is 0. The van der Waals surface area contributed by atoms with Gasteiger partial charge in [0.25, 0.3) is 5.91 Å². The number of piperidine rings is 1. The number of amides is 2. The van der Waals surface area contributed by atoms with Crippen LogP contribution in [0.25, 0.3) is 0 Å². The molecule has 1 aromatic heterocycles. The van der Waals surface area contributed by atoms with E-state index in [0.29, 0.717) is 50.7 Å². The molecule has 0 saturated carbocycles. The largest absolute Gasteiger partial charge is 0.489 e. The van der Waals surface area contributed by atoms with Gasteiger partial charge in [-0.3, -0.25) is 9.59 Å². The smallest absolute Gasteiger partial charge is 0.289 e. The fraction of sp³-hybridized carbons (Fsp3) is 0.455. The summed E-state index contributed by atoms with van der Waals surface area (Å²) in [5.41, 5.74) is 0.709. The highest BCUT2D eigenvalue weighted by Crippen LogP contribution is 2.23. The molecular formula is C22H26N2O5. The zero-order valence-corrected chi connectivity index (χ0v) is 16.4. The zero-order chi connectivity index (χ0) is 20.1. The van der Waals surface area contributed by atoms with Crippen LogP contribution in [0.3, 0.4) is 0 Å². The van der Waals surface area contributed by atoms with Crippen LogP contribution in [0.2, 0.25) is 0 Å². The first-order valence-electron chi connectivity index (χ1n) is 10.1. The molecule has 1 aromatic carbocycles. The highest BCUT2D eigenvalue weighted by Gasteiger charge is 2.33. The van der Waals surface area contributed by atoms with Crippen LogP contribution in [-0.4, -0.2) is 61.0 Å². The third-order valence-corrected chi connectivity index (χ3v) is 5.46. The predicted molar refractivity (Wildman–Crippen MR) is 106 cm³/mol. The average Bonchev–Trinajstić information content (AvgIpc) is 3.26. The first-order valence-corrected chi connectivity index (χ1v) is 10.1. The number of furan rings is 1. The fourth-order valence-electron chi connectivity index (χ4n) is 3.86. The number of para-hydroxylation sites is 1. The minimum atomic E-state index is -0.180. The molecule has 2 aromatic rings. The Kier molecular flexibility index (Phi) is 6.14.